The van der Waals surface area contributed by atoms with Crippen LogP contribution in [0.25, 0.3) is 0 Å². The largest absolute Gasteiger partial charge is 0.381 e. The van der Waals surface area contributed by atoms with Crippen LogP contribution in [0.15, 0.2) is 6.33 Å². The van der Waals surface area contributed by atoms with Crippen molar-refractivity contribution < 1.29 is 4.74 Å². The molecule has 78 valence electrons. The van der Waals surface area contributed by atoms with Gasteiger partial charge >= 0.3 is 0 Å². The number of nitrogens with zero attached hydrogens (tertiary/aromatic N) is 3. The van der Waals surface area contributed by atoms with Crippen molar-refractivity contribution in [2.24, 2.45) is 5.92 Å². The van der Waals surface area contributed by atoms with Crippen LogP contribution in [0.3, 0.4) is 0 Å². The minimum absolute atomic E-state index is 0.362. The third-order valence-corrected chi connectivity index (χ3v) is 3.19. The lowest BCUT2D eigenvalue weighted by atomic mass is 9.93. The summed E-state index contributed by atoms with van der Waals surface area (Å²) in [6.07, 6.45) is 3.88. The van der Waals surface area contributed by atoms with Gasteiger partial charge in [0.05, 0.1) is 0 Å². The summed E-state index contributed by atoms with van der Waals surface area (Å²) in [5.41, 5.74) is 0. The van der Waals surface area contributed by atoms with E-state index in [1.807, 2.05) is 4.57 Å². The average molecular weight is 216 g/mol. The Morgan fingerprint density at radius 3 is 2.86 bits per heavy atom. The van der Waals surface area contributed by atoms with Crippen LogP contribution in [-0.4, -0.2) is 28.0 Å². The van der Waals surface area contributed by atoms with Crippen LogP contribution in [0.4, 0.5) is 0 Å². The molecular weight excluding hydrogens is 202 g/mol. The van der Waals surface area contributed by atoms with E-state index in [9.17, 15) is 0 Å². The summed E-state index contributed by atoms with van der Waals surface area (Å²) in [7, 11) is 0. The molecule has 0 saturated carbocycles. The maximum absolute atomic E-state index is 5.91. The van der Waals surface area contributed by atoms with Crippen LogP contribution in [0.1, 0.15) is 25.8 Å². The van der Waals surface area contributed by atoms with Crippen molar-refractivity contribution in [1.82, 2.24) is 14.8 Å². The number of halogens is 1. The van der Waals surface area contributed by atoms with Gasteiger partial charge in [-0.25, -0.2) is 0 Å². The van der Waals surface area contributed by atoms with E-state index in [1.54, 1.807) is 6.33 Å². The lowest BCUT2D eigenvalue weighted by Crippen LogP contribution is -2.23. The molecule has 0 amide bonds. The molecule has 1 atom stereocenters. The monoisotopic (exact) mass is 215 g/mol. The molecule has 1 fully saturated rings. The molecule has 1 aliphatic heterocycles. The second kappa shape index (κ2) is 4.28. The third-order valence-electron chi connectivity index (χ3n) is 2.92. The molecule has 4 nitrogen and oxygen atoms in total. The summed E-state index contributed by atoms with van der Waals surface area (Å²) in [5.74, 6) is 0.622. The fraction of sp³-hybridized carbons (Fsp3) is 0.778. The summed E-state index contributed by atoms with van der Waals surface area (Å²) in [5, 5.41) is 8.04. The summed E-state index contributed by atoms with van der Waals surface area (Å²) < 4.78 is 7.25. The molecule has 1 saturated heterocycles. The van der Waals surface area contributed by atoms with E-state index in [4.69, 9.17) is 16.3 Å². The maximum Gasteiger partial charge on any atom is 0.225 e. The van der Waals surface area contributed by atoms with Gasteiger partial charge in [0, 0.05) is 19.3 Å². The molecule has 1 aromatic rings. The van der Waals surface area contributed by atoms with Crippen LogP contribution in [0.5, 0.6) is 0 Å². The second-order valence-electron chi connectivity index (χ2n) is 3.70. The minimum Gasteiger partial charge on any atom is -0.381 e. The van der Waals surface area contributed by atoms with Crippen molar-refractivity contribution in [3.63, 3.8) is 0 Å². The van der Waals surface area contributed by atoms with E-state index in [0.29, 0.717) is 17.2 Å². The van der Waals surface area contributed by atoms with Crippen LogP contribution in [0, 0.1) is 5.92 Å². The third kappa shape index (κ3) is 1.91. The highest BCUT2D eigenvalue weighted by molar-refractivity contribution is 6.28. The minimum atomic E-state index is 0.362. The lowest BCUT2D eigenvalue weighted by molar-refractivity contribution is 0.0513. The number of rotatable bonds is 2. The second-order valence-corrected chi connectivity index (χ2v) is 4.04. The van der Waals surface area contributed by atoms with Crippen LogP contribution < -0.4 is 0 Å². The first-order valence-electron chi connectivity index (χ1n) is 4.92. The van der Waals surface area contributed by atoms with Gasteiger partial charge in [0.15, 0.2) is 0 Å². The van der Waals surface area contributed by atoms with Crippen molar-refractivity contribution in [3.05, 3.63) is 11.6 Å². The first kappa shape index (κ1) is 9.93. The fourth-order valence-corrected chi connectivity index (χ4v) is 2.17. The molecular formula is C9H14ClN3O. The Morgan fingerprint density at radius 2 is 2.29 bits per heavy atom. The van der Waals surface area contributed by atoms with Gasteiger partial charge in [-0.3, -0.25) is 0 Å². The Kier molecular flexibility index (Phi) is 3.03. The zero-order chi connectivity index (χ0) is 9.97. The van der Waals surface area contributed by atoms with Gasteiger partial charge < -0.3 is 9.30 Å². The summed E-state index contributed by atoms with van der Waals surface area (Å²) in [6, 6.07) is 0.362. The van der Waals surface area contributed by atoms with Gasteiger partial charge in [-0.1, -0.05) is 0 Å². The smallest absolute Gasteiger partial charge is 0.225 e. The van der Waals surface area contributed by atoms with E-state index in [-0.39, 0.29) is 0 Å². The van der Waals surface area contributed by atoms with Crippen molar-refractivity contribution >= 4 is 11.6 Å². The summed E-state index contributed by atoms with van der Waals surface area (Å²) in [6.45, 7) is 3.87. The number of aromatic nitrogens is 3. The topological polar surface area (TPSA) is 39.9 Å². The molecule has 1 aromatic heterocycles. The van der Waals surface area contributed by atoms with Gasteiger partial charge in [0.2, 0.25) is 5.28 Å². The van der Waals surface area contributed by atoms with Gasteiger partial charge in [0.25, 0.3) is 0 Å². The van der Waals surface area contributed by atoms with Gasteiger partial charge in [-0.05, 0) is 37.3 Å². The quantitative estimate of drug-likeness (QED) is 0.757. The Hall–Kier alpha value is -0.610. The zero-order valence-corrected chi connectivity index (χ0v) is 8.94. The number of ether oxygens (including phenoxy) is 1. The zero-order valence-electron chi connectivity index (χ0n) is 8.19. The Balaban J connectivity index is 2.07. The van der Waals surface area contributed by atoms with E-state index in [1.165, 1.54) is 0 Å². The molecule has 14 heavy (non-hydrogen) atoms. The Morgan fingerprint density at radius 1 is 1.57 bits per heavy atom. The van der Waals surface area contributed by atoms with E-state index in [0.717, 1.165) is 26.1 Å². The first-order chi connectivity index (χ1) is 6.79. The van der Waals surface area contributed by atoms with E-state index >= 15 is 0 Å². The van der Waals surface area contributed by atoms with E-state index < -0.39 is 0 Å². The highest BCUT2D eigenvalue weighted by Crippen LogP contribution is 2.28. The van der Waals surface area contributed by atoms with Crippen molar-refractivity contribution in [3.8, 4) is 0 Å². The Labute approximate surface area is 88.2 Å². The number of hydrogen-bond donors (Lipinski definition) is 0. The van der Waals surface area contributed by atoms with Gasteiger partial charge in [0.1, 0.15) is 6.33 Å². The molecule has 0 radical (unpaired) electrons. The van der Waals surface area contributed by atoms with Crippen LogP contribution in [-0.2, 0) is 4.74 Å². The molecule has 0 N–H and O–H groups in total. The predicted molar refractivity (Wildman–Crippen MR) is 53.3 cm³/mol. The molecule has 0 bridgehead atoms. The first-order valence-corrected chi connectivity index (χ1v) is 5.29. The average Bonchev–Trinajstić information content (AvgIpc) is 2.65. The van der Waals surface area contributed by atoms with Crippen molar-refractivity contribution in [1.29, 1.82) is 0 Å². The Bertz CT molecular complexity index is 296. The highest BCUT2D eigenvalue weighted by Gasteiger charge is 2.23. The molecule has 0 aromatic carbocycles. The standard InChI is InChI=1S/C9H14ClN3O/c1-7(8-2-4-14-5-3-8)13-6-11-12-9(13)10/h6-8H,2-5H2,1H3. The van der Waals surface area contributed by atoms with E-state index in [2.05, 4.69) is 17.1 Å². The van der Waals surface area contributed by atoms with Gasteiger partial charge in [-0.2, -0.15) is 0 Å². The van der Waals surface area contributed by atoms with Crippen LogP contribution >= 0.6 is 11.6 Å². The fourth-order valence-electron chi connectivity index (χ4n) is 1.93. The number of hydrogen-bond acceptors (Lipinski definition) is 3. The molecule has 2 rings (SSSR count). The molecule has 2 heterocycles. The molecule has 1 unspecified atom stereocenters. The van der Waals surface area contributed by atoms with Crippen LogP contribution in [0.2, 0.25) is 5.28 Å². The molecule has 1 aliphatic rings. The van der Waals surface area contributed by atoms with Crippen molar-refractivity contribution in [2.45, 2.75) is 25.8 Å². The normalized spacial score (nSPS) is 21.0. The van der Waals surface area contributed by atoms with Crippen molar-refractivity contribution in [2.75, 3.05) is 13.2 Å². The molecule has 0 spiro atoms. The maximum atomic E-state index is 5.91. The molecule has 0 aliphatic carbocycles. The SMILES string of the molecule is CC(C1CCOCC1)n1cnnc1Cl. The predicted octanol–water partition coefficient (Wildman–Crippen LogP) is 1.92. The highest BCUT2D eigenvalue weighted by atomic mass is 35.5. The summed E-state index contributed by atoms with van der Waals surface area (Å²) >= 11 is 5.91. The van der Waals surface area contributed by atoms with Gasteiger partial charge in [-0.15, -0.1) is 10.2 Å². The lowest BCUT2D eigenvalue weighted by Gasteiger charge is -2.28. The molecule has 5 heteroatoms. The summed E-state index contributed by atoms with van der Waals surface area (Å²) in [4.78, 5) is 0.